The second-order valence-electron chi connectivity index (χ2n) is 6.65. The highest BCUT2D eigenvalue weighted by atomic mass is 32.2. The van der Waals surface area contributed by atoms with Gasteiger partial charge in [0.2, 0.25) is 0 Å². The van der Waals surface area contributed by atoms with Crippen molar-refractivity contribution in [1.82, 2.24) is 10.4 Å². The van der Waals surface area contributed by atoms with E-state index in [1.165, 1.54) is 11.3 Å². The highest BCUT2D eigenvalue weighted by Crippen LogP contribution is 2.12. The third-order valence-electron chi connectivity index (χ3n) is 3.17. The van der Waals surface area contributed by atoms with Gasteiger partial charge in [-0.2, -0.15) is 5.01 Å². The van der Waals surface area contributed by atoms with Gasteiger partial charge < -0.3 is 9.84 Å². The van der Waals surface area contributed by atoms with Gasteiger partial charge in [-0.3, -0.25) is 14.4 Å². The van der Waals surface area contributed by atoms with Crippen molar-refractivity contribution in [1.29, 1.82) is 0 Å². The number of hydrogen-bond acceptors (Lipinski definition) is 5. The van der Waals surface area contributed by atoms with E-state index in [1.54, 1.807) is 20.8 Å². The summed E-state index contributed by atoms with van der Waals surface area (Å²) < 4.78 is 16.6. The maximum absolute atomic E-state index is 12.1. The molecule has 0 aliphatic heterocycles. The van der Waals surface area contributed by atoms with Crippen molar-refractivity contribution in [3.63, 3.8) is 0 Å². The van der Waals surface area contributed by atoms with E-state index in [9.17, 15) is 18.9 Å². The van der Waals surface area contributed by atoms with E-state index < -0.39 is 34.5 Å². The quantitative estimate of drug-likeness (QED) is 0.681. The molecule has 0 aromatic heterocycles. The van der Waals surface area contributed by atoms with Crippen LogP contribution in [0.1, 0.15) is 32.8 Å². The molecule has 7 nitrogen and oxygen atoms in total. The number of nitrogens with one attached hydrogen (secondary N) is 1. The van der Waals surface area contributed by atoms with Gasteiger partial charge in [-0.1, -0.05) is 30.3 Å². The number of amides is 1. The Bertz CT molecular complexity index is 601. The van der Waals surface area contributed by atoms with Crippen LogP contribution in [0.15, 0.2) is 30.3 Å². The van der Waals surface area contributed by atoms with E-state index in [0.717, 1.165) is 5.56 Å². The highest BCUT2D eigenvalue weighted by molar-refractivity contribution is 7.84. The number of carboxylic acids is 1. The minimum absolute atomic E-state index is 0.140. The number of aliphatic carboxylic acids is 1. The molecule has 1 rings (SSSR count). The van der Waals surface area contributed by atoms with E-state index in [2.05, 4.69) is 5.43 Å². The summed E-state index contributed by atoms with van der Waals surface area (Å²) in [6.07, 6.45) is 0.926. The molecule has 0 saturated heterocycles. The van der Waals surface area contributed by atoms with Crippen molar-refractivity contribution in [2.75, 3.05) is 12.0 Å². The van der Waals surface area contributed by atoms with E-state index in [4.69, 9.17) is 4.74 Å². The molecule has 0 heterocycles. The van der Waals surface area contributed by atoms with Gasteiger partial charge >= 0.3 is 12.1 Å². The Hall–Kier alpha value is -1.93. The summed E-state index contributed by atoms with van der Waals surface area (Å²) in [5.74, 6) is -0.879. The normalized spacial score (nSPS) is 14.0. The lowest BCUT2D eigenvalue weighted by molar-refractivity contribution is -0.145. The first-order valence-electron chi connectivity index (χ1n) is 7.91. The number of carboxylic acid groups (broad SMARTS) is 1. The van der Waals surface area contributed by atoms with Crippen LogP contribution in [0.3, 0.4) is 0 Å². The summed E-state index contributed by atoms with van der Waals surface area (Å²) in [5.41, 5.74) is 2.65. The molecule has 0 unspecified atom stereocenters. The molecular weight excluding hydrogens is 344 g/mol. The number of hydrogen-bond donors (Lipinski definition) is 2. The molecule has 0 fully saturated rings. The van der Waals surface area contributed by atoms with Gasteiger partial charge in [-0.05, 0) is 32.8 Å². The Labute approximate surface area is 150 Å². The van der Waals surface area contributed by atoms with Gasteiger partial charge in [0.05, 0.1) is 0 Å². The van der Waals surface area contributed by atoms with E-state index in [1.807, 2.05) is 30.3 Å². The number of carbonyl (C=O) groups is 2. The molecule has 0 radical (unpaired) electrons. The van der Waals surface area contributed by atoms with Crippen LogP contribution in [-0.2, 0) is 26.9 Å². The fourth-order valence-corrected chi connectivity index (χ4v) is 2.67. The molecule has 0 bridgehead atoms. The van der Waals surface area contributed by atoms with Crippen LogP contribution in [0.4, 0.5) is 4.79 Å². The first-order valence-corrected chi connectivity index (χ1v) is 9.64. The molecule has 140 valence electrons. The smallest absolute Gasteiger partial charge is 0.422 e. The van der Waals surface area contributed by atoms with Crippen LogP contribution in [0.25, 0.3) is 0 Å². The fraction of sp³-hybridized carbons (Fsp3) is 0.529. The van der Waals surface area contributed by atoms with Crippen LogP contribution in [0.2, 0.25) is 0 Å². The lowest BCUT2D eigenvalue weighted by Gasteiger charge is -2.30. The summed E-state index contributed by atoms with van der Waals surface area (Å²) in [5, 5.41) is 10.9. The largest absolute Gasteiger partial charge is 0.480 e. The first-order chi connectivity index (χ1) is 11.6. The summed E-state index contributed by atoms with van der Waals surface area (Å²) in [6.45, 7) is 5.36. The molecule has 2 N–H and O–H groups in total. The monoisotopic (exact) mass is 370 g/mol. The molecule has 0 aliphatic carbocycles. The molecule has 1 aromatic carbocycles. The molecule has 0 spiro atoms. The van der Waals surface area contributed by atoms with Gasteiger partial charge in [0.1, 0.15) is 11.6 Å². The Morgan fingerprint density at radius 2 is 1.88 bits per heavy atom. The second-order valence-corrected chi connectivity index (χ2v) is 8.20. The zero-order valence-corrected chi connectivity index (χ0v) is 15.8. The average Bonchev–Trinajstić information content (AvgIpc) is 2.45. The van der Waals surface area contributed by atoms with Gasteiger partial charge in [-0.15, -0.1) is 0 Å². The third kappa shape index (κ3) is 8.64. The van der Waals surface area contributed by atoms with Crippen molar-refractivity contribution >= 4 is 22.9 Å². The van der Waals surface area contributed by atoms with Gasteiger partial charge in [0, 0.05) is 29.4 Å². The molecule has 25 heavy (non-hydrogen) atoms. The maximum Gasteiger partial charge on any atom is 0.422 e. The first kappa shape index (κ1) is 21.1. The van der Waals surface area contributed by atoms with Crippen molar-refractivity contribution in [2.45, 2.75) is 45.4 Å². The SMILES string of the molecule is C[S@@](=O)CC[C@H](C(=O)O)N(Cc1ccccc1)NC(=O)OC(C)(C)C. The van der Waals surface area contributed by atoms with E-state index >= 15 is 0 Å². The van der Waals surface area contributed by atoms with Gasteiger partial charge in [-0.25, -0.2) is 4.79 Å². The Morgan fingerprint density at radius 1 is 1.28 bits per heavy atom. The van der Waals surface area contributed by atoms with Crippen molar-refractivity contribution in [3.05, 3.63) is 35.9 Å². The Morgan fingerprint density at radius 3 is 2.36 bits per heavy atom. The van der Waals surface area contributed by atoms with Gasteiger partial charge in [0.25, 0.3) is 0 Å². The Kier molecular flexibility index (Phi) is 8.05. The standard InChI is InChI=1S/C17H26N2O5S/c1-17(2,3)24-16(22)18-19(12-13-8-6-5-7-9-13)14(15(20)21)10-11-25(4)23/h5-9,14H,10-12H2,1-4H3,(H,18,22)(H,20,21)/t14-,25-/m1/s1. The fourth-order valence-electron chi connectivity index (χ4n) is 2.12. The molecular formula is C17H26N2O5S. The van der Waals surface area contributed by atoms with Crippen molar-refractivity contribution in [2.24, 2.45) is 0 Å². The summed E-state index contributed by atoms with van der Waals surface area (Å²) in [4.78, 5) is 23.8. The van der Waals surface area contributed by atoms with E-state index in [0.29, 0.717) is 0 Å². The predicted octanol–water partition coefficient (Wildman–Crippen LogP) is 2.15. The van der Waals surface area contributed by atoms with Crippen LogP contribution in [0.5, 0.6) is 0 Å². The van der Waals surface area contributed by atoms with Crippen LogP contribution < -0.4 is 5.43 Å². The number of nitrogens with zero attached hydrogens (tertiary/aromatic N) is 1. The highest BCUT2D eigenvalue weighted by Gasteiger charge is 2.29. The number of rotatable bonds is 8. The zero-order valence-electron chi connectivity index (χ0n) is 15.0. The molecule has 2 atom stereocenters. The summed E-state index contributed by atoms with van der Waals surface area (Å²) in [6, 6.07) is 8.16. The van der Waals surface area contributed by atoms with Crippen LogP contribution in [0, 0.1) is 0 Å². The average molecular weight is 370 g/mol. The lowest BCUT2D eigenvalue weighted by Crippen LogP contribution is -2.52. The molecule has 0 saturated carbocycles. The number of carbonyl (C=O) groups excluding carboxylic acids is 1. The minimum Gasteiger partial charge on any atom is -0.480 e. The number of ether oxygens (including phenoxy) is 1. The zero-order chi connectivity index (χ0) is 19.0. The third-order valence-corrected chi connectivity index (χ3v) is 3.98. The minimum atomic E-state index is -1.13. The maximum atomic E-state index is 12.1. The van der Waals surface area contributed by atoms with Crippen molar-refractivity contribution in [3.8, 4) is 0 Å². The summed E-state index contributed by atoms with van der Waals surface area (Å²) >= 11 is 0. The molecule has 8 heteroatoms. The predicted molar refractivity (Wildman–Crippen MR) is 96.3 cm³/mol. The lowest BCUT2D eigenvalue weighted by atomic mass is 10.1. The Balaban J connectivity index is 2.96. The molecule has 1 amide bonds. The van der Waals surface area contributed by atoms with Crippen LogP contribution in [-0.4, -0.2) is 50.0 Å². The van der Waals surface area contributed by atoms with Gasteiger partial charge in [0.15, 0.2) is 0 Å². The summed E-state index contributed by atoms with van der Waals surface area (Å²) in [7, 11) is -1.13. The molecule has 1 aromatic rings. The topological polar surface area (TPSA) is 95.9 Å². The number of hydrazine groups is 1. The van der Waals surface area contributed by atoms with E-state index in [-0.39, 0.29) is 18.7 Å². The number of benzene rings is 1. The van der Waals surface area contributed by atoms with Crippen molar-refractivity contribution < 1.29 is 23.6 Å². The van der Waals surface area contributed by atoms with Crippen LogP contribution >= 0.6 is 0 Å². The second kappa shape index (κ2) is 9.53. The molecule has 0 aliphatic rings.